The third kappa shape index (κ3) is 5.34. The highest BCUT2D eigenvalue weighted by atomic mass is 79.9. The van der Waals surface area contributed by atoms with Crippen molar-refractivity contribution >= 4 is 38.7 Å². The molecule has 2 aromatic carbocycles. The zero-order valence-corrected chi connectivity index (χ0v) is 20.3. The van der Waals surface area contributed by atoms with Crippen LogP contribution in [0.25, 0.3) is 10.9 Å². The van der Waals surface area contributed by atoms with Gasteiger partial charge in [0.15, 0.2) is 0 Å². The normalized spacial score (nSPS) is 12.5. The number of rotatable bonds is 8. The van der Waals surface area contributed by atoms with Crippen LogP contribution in [-0.4, -0.2) is 36.1 Å². The summed E-state index contributed by atoms with van der Waals surface area (Å²) in [6.45, 7) is 6.19. The summed E-state index contributed by atoms with van der Waals surface area (Å²) in [5, 5.41) is 5.08. The summed E-state index contributed by atoms with van der Waals surface area (Å²) < 4.78 is 8.38. The molecular weight excluding hydrogens is 456 g/mol. The van der Waals surface area contributed by atoms with Crippen LogP contribution < -0.4 is 15.2 Å². The van der Waals surface area contributed by atoms with E-state index in [1.54, 1.807) is 12.3 Å². The molecule has 0 saturated carbocycles. The van der Waals surface area contributed by atoms with Gasteiger partial charge in [-0.05, 0) is 50.1 Å². The monoisotopic (exact) mass is 484 g/mol. The third-order valence-corrected chi connectivity index (χ3v) is 5.57. The van der Waals surface area contributed by atoms with Crippen molar-refractivity contribution in [1.82, 2.24) is 9.66 Å². The number of aryl methyl sites for hydroxylation is 1. The standard InChI is InChI=1S/C24H29BrN4O2/c1-6-8-23-27-21-12-10-18(25)13-20(21)24(30)29(23)26-15-17-9-11-19(28(4)5)14-22(17)31-16(3)7-2/h9-16H,6-8H2,1-5H3/t16-/m0/s1. The van der Waals surface area contributed by atoms with E-state index in [1.807, 2.05) is 56.3 Å². The quantitative estimate of drug-likeness (QED) is 0.410. The van der Waals surface area contributed by atoms with Crippen molar-refractivity contribution in [3.05, 3.63) is 62.6 Å². The van der Waals surface area contributed by atoms with E-state index in [9.17, 15) is 4.79 Å². The smallest absolute Gasteiger partial charge is 0.282 e. The number of hydrogen-bond acceptors (Lipinski definition) is 5. The summed E-state index contributed by atoms with van der Waals surface area (Å²) in [6.07, 6.45) is 4.18. The largest absolute Gasteiger partial charge is 0.490 e. The molecule has 0 saturated heterocycles. The fourth-order valence-corrected chi connectivity index (χ4v) is 3.49. The predicted octanol–water partition coefficient (Wildman–Crippen LogP) is 5.24. The van der Waals surface area contributed by atoms with Crippen molar-refractivity contribution in [3.63, 3.8) is 0 Å². The summed E-state index contributed by atoms with van der Waals surface area (Å²) in [5.74, 6) is 1.39. The zero-order chi connectivity index (χ0) is 22.5. The lowest BCUT2D eigenvalue weighted by atomic mass is 10.2. The number of halogens is 1. The predicted molar refractivity (Wildman–Crippen MR) is 132 cm³/mol. The van der Waals surface area contributed by atoms with Crippen LogP contribution in [0.4, 0.5) is 5.69 Å². The second-order valence-corrected chi connectivity index (χ2v) is 8.67. The van der Waals surface area contributed by atoms with Crippen molar-refractivity contribution in [3.8, 4) is 5.75 Å². The number of ether oxygens (including phenoxy) is 1. The molecule has 0 aliphatic heterocycles. The number of aromatic nitrogens is 2. The van der Waals surface area contributed by atoms with Gasteiger partial charge in [-0.2, -0.15) is 9.78 Å². The van der Waals surface area contributed by atoms with E-state index in [0.717, 1.165) is 34.3 Å². The Morgan fingerprint density at radius 1 is 1.23 bits per heavy atom. The molecule has 0 fully saturated rings. The van der Waals surface area contributed by atoms with Crippen molar-refractivity contribution < 1.29 is 4.74 Å². The lowest BCUT2D eigenvalue weighted by molar-refractivity contribution is 0.217. The van der Waals surface area contributed by atoms with Gasteiger partial charge in [0.2, 0.25) is 0 Å². The second-order valence-electron chi connectivity index (χ2n) is 7.75. The average molecular weight is 485 g/mol. The Kier molecular flexibility index (Phi) is 7.49. The lowest BCUT2D eigenvalue weighted by Crippen LogP contribution is -2.22. The summed E-state index contributed by atoms with van der Waals surface area (Å²) in [4.78, 5) is 19.9. The number of hydrogen-bond donors (Lipinski definition) is 0. The molecule has 0 aliphatic carbocycles. The lowest BCUT2D eigenvalue weighted by Gasteiger charge is -2.18. The van der Waals surface area contributed by atoms with Crippen LogP contribution >= 0.6 is 15.9 Å². The molecular formula is C24H29BrN4O2. The van der Waals surface area contributed by atoms with E-state index < -0.39 is 0 Å². The fourth-order valence-electron chi connectivity index (χ4n) is 3.13. The van der Waals surface area contributed by atoms with Gasteiger partial charge in [-0.25, -0.2) is 4.98 Å². The molecule has 1 atom stereocenters. The zero-order valence-electron chi connectivity index (χ0n) is 18.7. The average Bonchev–Trinajstić information content (AvgIpc) is 2.74. The van der Waals surface area contributed by atoms with Crippen LogP contribution in [-0.2, 0) is 6.42 Å². The second kappa shape index (κ2) is 10.1. The molecule has 164 valence electrons. The highest BCUT2D eigenvalue weighted by Crippen LogP contribution is 2.25. The topological polar surface area (TPSA) is 59.7 Å². The number of nitrogens with zero attached hydrogens (tertiary/aromatic N) is 4. The van der Waals surface area contributed by atoms with E-state index in [2.05, 4.69) is 34.9 Å². The Hall–Kier alpha value is -2.67. The van der Waals surface area contributed by atoms with Gasteiger partial charge < -0.3 is 9.64 Å². The Morgan fingerprint density at radius 2 is 2.00 bits per heavy atom. The van der Waals surface area contributed by atoms with Crippen molar-refractivity contribution in [2.45, 2.75) is 46.1 Å². The Bertz CT molecular complexity index is 1150. The van der Waals surface area contributed by atoms with Gasteiger partial charge in [-0.1, -0.05) is 29.8 Å². The molecule has 1 aromatic heterocycles. The van der Waals surface area contributed by atoms with Crippen molar-refractivity contribution in [1.29, 1.82) is 0 Å². The number of fused-ring (bicyclic) bond motifs is 1. The van der Waals surface area contributed by atoms with Crippen LogP contribution in [0, 0.1) is 0 Å². The van der Waals surface area contributed by atoms with E-state index in [0.29, 0.717) is 23.1 Å². The number of anilines is 1. The summed E-state index contributed by atoms with van der Waals surface area (Å²) in [6, 6.07) is 11.5. The molecule has 3 rings (SSSR count). The molecule has 0 amide bonds. The fraction of sp³-hybridized carbons (Fsp3) is 0.375. The molecule has 0 unspecified atom stereocenters. The molecule has 0 spiro atoms. The third-order valence-electron chi connectivity index (χ3n) is 5.08. The van der Waals surface area contributed by atoms with Gasteiger partial charge in [-0.3, -0.25) is 4.79 Å². The number of benzene rings is 2. The Labute approximate surface area is 191 Å². The van der Waals surface area contributed by atoms with Crippen LogP contribution in [0.1, 0.15) is 45.0 Å². The van der Waals surface area contributed by atoms with Gasteiger partial charge in [0.25, 0.3) is 5.56 Å². The SMILES string of the molecule is CCCc1nc2ccc(Br)cc2c(=O)n1N=Cc1ccc(N(C)C)cc1O[C@@H](C)CC. The Morgan fingerprint density at radius 3 is 2.68 bits per heavy atom. The first kappa shape index (κ1) is 23.0. The highest BCUT2D eigenvalue weighted by molar-refractivity contribution is 9.10. The molecule has 7 heteroatoms. The minimum Gasteiger partial charge on any atom is -0.490 e. The molecule has 31 heavy (non-hydrogen) atoms. The first-order valence-electron chi connectivity index (χ1n) is 10.6. The van der Waals surface area contributed by atoms with Crippen molar-refractivity contribution in [2.24, 2.45) is 5.10 Å². The first-order chi connectivity index (χ1) is 14.8. The minimum absolute atomic E-state index is 0.0719. The summed E-state index contributed by atoms with van der Waals surface area (Å²) >= 11 is 3.44. The van der Waals surface area contributed by atoms with E-state index in [4.69, 9.17) is 9.72 Å². The van der Waals surface area contributed by atoms with E-state index in [-0.39, 0.29) is 11.7 Å². The Balaban J connectivity index is 2.11. The van der Waals surface area contributed by atoms with Crippen molar-refractivity contribution in [2.75, 3.05) is 19.0 Å². The molecule has 0 N–H and O–H groups in total. The molecule has 0 bridgehead atoms. The van der Waals surface area contributed by atoms with E-state index >= 15 is 0 Å². The first-order valence-corrected chi connectivity index (χ1v) is 11.4. The molecule has 3 aromatic rings. The van der Waals surface area contributed by atoms with Crippen LogP contribution in [0.2, 0.25) is 0 Å². The van der Waals surface area contributed by atoms with Crippen LogP contribution in [0.3, 0.4) is 0 Å². The minimum atomic E-state index is -0.180. The molecule has 1 heterocycles. The molecule has 0 aliphatic rings. The maximum Gasteiger partial charge on any atom is 0.282 e. The summed E-state index contributed by atoms with van der Waals surface area (Å²) in [5.41, 5.74) is 2.35. The van der Waals surface area contributed by atoms with Gasteiger partial charge in [0.05, 0.1) is 23.2 Å². The highest BCUT2D eigenvalue weighted by Gasteiger charge is 2.12. The van der Waals surface area contributed by atoms with Gasteiger partial charge in [-0.15, -0.1) is 0 Å². The summed E-state index contributed by atoms with van der Waals surface area (Å²) in [7, 11) is 3.98. The van der Waals surface area contributed by atoms with Crippen LogP contribution in [0.15, 0.2) is 50.8 Å². The van der Waals surface area contributed by atoms with Gasteiger partial charge in [0, 0.05) is 42.3 Å². The maximum absolute atomic E-state index is 13.2. The van der Waals surface area contributed by atoms with Gasteiger partial charge >= 0.3 is 0 Å². The van der Waals surface area contributed by atoms with Gasteiger partial charge in [0.1, 0.15) is 11.6 Å². The maximum atomic E-state index is 13.2. The van der Waals surface area contributed by atoms with Crippen LogP contribution in [0.5, 0.6) is 5.75 Å². The molecule has 6 nitrogen and oxygen atoms in total. The van der Waals surface area contributed by atoms with E-state index in [1.165, 1.54) is 4.68 Å². The molecule has 0 radical (unpaired) electrons.